The third-order valence-electron chi connectivity index (χ3n) is 4.98. The van der Waals surface area contributed by atoms with Crippen LogP contribution in [0.5, 0.6) is 0 Å². The number of nitrogens with zero attached hydrogens (tertiary/aromatic N) is 2. The van der Waals surface area contributed by atoms with Crippen LogP contribution in [0.2, 0.25) is 0 Å². The maximum Gasteiger partial charge on any atom is 0.460 e. The van der Waals surface area contributed by atoms with Crippen LogP contribution in [0.1, 0.15) is 23.2 Å². The SMILES string of the molecule is CN1CCN(C(F)(F)F)C2c3ccccc3-c3ccccc3C21. The Morgan fingerprint density at radius 3 is 1.91 bits per heavy atom. The molecule has 4 rings (SSSR count). The molecule has 2 aromatic rings. The molecular formula is C18H17F3N2. The molecule has 0 bridgehead atoms. The van der Waals surface area contributed by atoms with Crippen LogP contribution in [0.15, 0.2) is 48.5 Å². The van der Waals surface area contributed by atoms with Crippen molar-refractivity contribution < 1.29 is 13.2 Å². The Hall–Kier alpha value is -1.85. The molecule has 2 aliphatic rings. The molecule has 1 aliphatic heterocycles. The predicted octanol–water partition coefficient (Wildman–Crippen LogP) is 4.22. The number of rotatable bonds is 0. The van der Waals surface area contributed by atoms with Gasteiger partial charge in [0.1, 0.15) is 0 Å². The zero-order chi connectivity index (χ0) is 16.2. The van der Waals surface area contributed by atoms with Crippen molar-refractivity contribution in [2.75, 3.05) is 20.1 Å². The molecule has 1 heterocycles. The molecule has 2 unspecified atom stereocenters. The van der Waals surface area contributed by atoms with Crippen molar-refractivity contribution >= 4 is 0 Å². The second-order valence-electron chi connectivity index (χ2n) is 6.21. The molecule has 0 N–H and O–H groups in total. The average Bonchev–Trinajstić information content (AvgIpc) is 2.54. The van der Waals surface area contributed by atoms with Gasteiger partial charge in [0, 0.05) is 13.1 Å². The lowest BCUT2D eigenvalue weighted by Gasteiger charge is -2.50. The summed E-state index contributed by atoms with van der Waals surface area (Å²) in [6, 6.07) is 14.3. The predicted molar refractivity (Wildman–Crippen MR) is 82.8 cm³/mol. The molecule has 0 aromatic heterocycles. The molecule has 2 atom stereocenters. The zero-order valence-corrected chi connectivity index (χ0v) is 12.7. The Bertz CT molecular complexity index is 741. The van der Waals surface area contributed by atoms with E-state index < -0.39 is 12.3 Å². The van der Waals surface area contributed by atoms with Gasteiger partial charge < -0.3 is 0 Å². The lowest BCUT2D eigenvalue weighted by molar-refractivity contribution is -0.275. The summed E-state index contributed by atoms with van der Waals surface area (Å²) in [5.41, 5.74) is 3.70. The normalized spacial score (nSPS) is 24.7. The van der Waals surface area contributed by atoms with Gasteiger partial charge in [0.25, 0.3) is 0 Å². The number of alkyl halides is 3. The third-order valence-corrected chi connectivity index (χ3v) is 4.98. The maximum atomic E-state index is 13.6. The highest BCUT2D eigenvalue weighted by Gasteiger charge is 2.51. The third kappa shape index (κ3) is 2.18. The summed E-state index contributed by atoms with van der Waals surface area (Å²) in [5, 5.41) is 0. The van der Waals surface area contributed by atoms with E-state index in [1.54, 1.807) is 0 Å². The van der Waals surface area contributed by atoms with E-state index in [1.165, 1.54) is 0 Å². The van der Waals surface area contributed by atoms with E-state index in [0.29, 0.717) is 11.4 Å². The van der Waals surface area contributed by atoms with Crippen molar-refractivity contribution in [3.05, 3.63) is 59.7 Å². The van der Waals surface area contributed by atoms with E-state index in [1.807, 2.05) is 60.5 Å². The number of hydrogen-bond acceptors (Lipinski definition) is 2. The summed E-state index contributed by atoms with van der Waals surface area (Å²) >= 11 is 0. The van der Waals surface area contributed by atoms with Crippen LogP contribution in [-0.2, 0) is 0 Å². The van der Waals surface area contributed by atoms with Crippen LogP contribution < -0.4 is 0 Å². The molecule has 120 valence electrons. The topological polar surface area (TPSA) is 6.48 Å². The van der Waals surface area contributed by atoms with Gasteiger partial charge in [-0.1, -0.05) is 48.5 Å². The molecule has 0 saturated carbocycles. The Balaban J connectivity index is 1.97. The van der Waals surface area contributed by atoms with Crippen molar-refractivity contribution in [1.82, 2.24) is 9.80 Å². The van der Waals surface area contributed by atoms with E-state index >= 15 is 0 Å². The van der Waals surface area contributed by atoms with Crippen LogP contribution >= 0.6 is 0 Å². The minimum absolute atomic E-state index is 0.00231. The average molecular weight is 318 g/mol. The summed E-state index contributed by atoms with van der Waals surface area (Å²) < 4.78 is 40.8. The molecule has 0 spiro atoms. The fourth-order valence-corrected chi connectivity index (χ4v) is 3.99. The molecule has 0 amide bonds. The van der Waals surface area contributed by atoms with Crippen molar-refractivity contribution in [3.63, 3.8) is 0 Å². The number of hydrogen-bond donors (Lipinski definition) is 0. The first-order valence-electron chi connectivity index (χ1n) is 7.70. The first-order valence-corrected chi connectivity index (χ1v) is 7.70. The summed E-state index contributed by atoms with van der Waals surface area (Å²) in [4.78, 5) is 2.74. The monoisotopic (exact) mass is 318 g/mol. The smallest absolute Gasteiger partial charge is 0.296 e. The van der Waals surface area contributed by atoms with Crippen LogP contribution in [0.25, 0.3) is 11.1 Å². The minimum Gasteiger partial charge on any atom is -0.296 e. The molecule has 1 fully saturated rings. The van der Waals surface area contributed by atoms with Gasteiger partial charge in [0.05, 0.1) is 12.1 Å². The Morgan fingerprint density at radius 1 is 0.826 bits per heavy atom. The van der Waals surface area contributed by atoms with Gasteiger partial charge in [0.15, 0.2) is 0 Å². The summed E-state index contributed by atoms with van der Waals surface area (Å²) in [6.07, 6.45) is -4.33. The van der Waals surface area contributed by atoms with Crippen LogP contribution in [0.4, 0.5) is 13.2 Å². The lowest BCUT2D eigenvalue weighted by Crippen LogP contribution is -2.54. The summed E-state index contributed by atoms with van der Waals surface area (Å²) in [5.74, 6) is 0. The van der Waals surface area contributed by atoms with E-state index in [-0.39, 0.29) is 12.6 Å². The molecule has 2 nitrogen and oxygen atoms in total. The molecule has 2 aromatic carbocycles. The van der Waals surface area contributed by atoms with Crippen LogP contribution in [-0.4, -0.2) is 36.2 Å². The van der Waals surface area contributed by atoms with E-state index in [9.17, 15) is 13.2 Å². The Morgan fingerprint density at radius 2 is 1.35 bits per heavy atom. The Kier molecular flexibility index (Phi) is 3.25. The molecular weight excluding hydrogens is 301 g/mol. The summed E-state index contributed by atoms with van der Waals surface area (Å²) in [7, 11) is 1.91. The molecule has 5 heteroatoms. The minimum atomic E-state index is -4.33. The zero-order valence-electron chi connectivity index (χ0n) is 12.7. The number of likely N-dealkylation sites (N-methyl/N-ethyl adjacent to an activating group) is 1. The van der Waals surface area contributed by atoms with E-state index in [0.717, 1.165) is 22.3 Å². The number of benzene rings is 2. The first kappa shape index (κ1) is 14.7. The molecule has 1 aliphatic carbocycles. The van der Waals surface area contributed by atoms with Crippen molar-refractivity contribution in [1.29, 1.82) is 0 Å². The van der Waals surface area contributed by atoms with Gasteiger partial charge in [-0.05, 0) is 29.3 Å². The second kappa shape index (κ2) is 5.08. The van der Waals surface area contributed by atoms with Gasteiger partial charge in [-0.15, -0.1) is 0 Å². The van der Waals surface area contributed by atoms with Gasteiger partial charge in [-0.25, -0.2) is 4.90 Å². The number of fused-ring (bicyclic) bond motifs is 6. The number of halogens is 3. The highest BCUT2D eigenvalue weighted by molar-refractivity contribution is 5.75. The highest BCUT2D eigenvalue weighted by Crippen LogP contribution is 2.52. The molecule has 23 heavy (non-hydrogen) atoms. The van der Waals surface area contributed by atoms with Crippen LogP contribution in [0.3, 0.4) is 0 Å². The molecule has 1 saturated heterocycles. The lowest BCUT2D eigenvalue weighted by atomic mass is 9.77. The van der Waals surface area contributed by atoms with Crippen molar-refractivity contribution in [3.8, 4) is 11.1 Å². The van der Waals surface area contributed by atoms with Crippen molar-refractivity contribution in [2.24, 2.45) is 0 Å². The van der Waals surface area contributed by atoms with Gasteiger partial charge in [-0.2, -0.15) is 13.2 Å². The van der Waals surface area contributed by atoms with Crippen LogP contribution in [0, 0.1) is 0 Å². The largest absolute Gasteiger partial charge is 0.460 e. The Labute approximate surface area is 133 Å². The summed E-state index contributed by atoms with van der Waals surface area (Å²) in [6.45, 7) is 0.398. The fourth-order valence-electron chi connectivity index (χ4n) is 3.99. The van der Waals surface area contributed by atoms with E-state index in [4.69, 9.17) is 0 Å². The maximum absolute atomic E-state index is 13.6. The van der Waals surface area contributed by atoms with Gasteiger partial charge >= 0.3 is 6.30 Å². The first-order chi connectivity index (χ1) is 11.0. The molecule has 0 radical (unpaired) electrons. The van der Waals surface area contributed by atoms with Crippen molar-refractivity contribution in [2.45, 2.75) is 18.4 Å². The van der Waals surface area contributed by atoms with Gasteiger partial charge in [-0.3, -0.25) is 4.90 Å². The quantitative estimate of drug-likeness (QED) is 0.671. The van der Waals surface area contributed by atoms with Gasteiger partial charge in [0.2, 0.25) is 0 Å². The highest BCUT2D eigenvalue weighted by atomic mass is 19.4. The second-order valence-corrected chi connectivity index (χ2v) is 6.21. The standard InChI is InChI=1S/C18H17F3N2/c1-22-10-11-23(18(19,20)21)17-15-9-5-3-7-13(15)12-6-2-4-8-14(12)16(17)22/h2-9,16-17H,10-11H2,1H3. The fraction of sp³-hybridized carbons (Fsp3) is 0.333. The van der Waals surface area contributed by atoms with E-state index in [2.05, 4.69) is 0 Å². The number of piperazine rings is 1.